The smallest absolute Gasteiger partial charge is 0.119 e. The van der Waals surface area contributed by atoms with Gasteiger partial charge in [0.05, 0.1) is 25.3 Å². The molecule has 0 aliphatic heterocycles. The van der Waals surface area contributed by atoms with E-state index in [2.05, 4.69) is 107 Å². The van der Waals surface area contributed by atoms with Crippen LogP contribution < -0.4 is 14.4 Å². The molecule has 0 bridgehead atoms. The van der Waals surface area contributed by atoms with Gasteiger partial charge in [-0.05, 0) is 84.9 Å². The number of fused-ring (bicyclic) bond motifs is 3. The number of benzene rings is 5. The number of hydrogen-bond acceptors (Lipinski definition) is 3. The second-order valence-corrected chi connectivity index (χ2v) is 8.62. The number of nitrogens with zero attached hydrogens (tertiary/aromatic N) is 2. The summed E-state index contributed by atoms with van der Waals surface area (Å²) in [5.41, 5.74) is 6.69. The lowest BCUT2D eigenvalue weighted by atomic mass is 10.1. The van der Waals surface area contributed by atoms with E-state index in [4.69, 9.17) is 9.47 Å². The zero-order valence-corrected chi connectivity index (χ0v) is 20.3. The van der Waals surface area contributed by atoms with Crippen molar-refractivity contribution < 1.29 is 9.47 Å². The molecule has 0 saturated heterocycles. The standard InChI is InChI=1S/C32H26N2O2/c1-35-27-17-12-24(13-18-27)33(25-14-19-28(36-2)20-15-25)26-16-21-32-30(22-26)29-10-6-7-11-31(29)34(32)23-8-4-3-5-9-23/h3-22H,1-2H3. The van der Waals surface area contributed by atoms with Crippen molar-refractivity contribution in [1.82, 2.24) is 4.57 Å². The first-order valence-electron chi connectivity index (χ1n) is 11.9. The molecule has 0 radical (unpaired) electrons. The van der Waals surface area contributed by atoms with Crippen molar-refractivity contribution in [2.24, 2.45) is 0 Å². The molecule has 4 heteroatoms. The lowest BCUT2D eigenvalue weighted by Crippen LogP contribution is -2.09. The molecule has 5 aromatic carbocycles. The van der Waals surface area contributed by atoms with E-state index in [-0.39, 0.29) is 0 Å². The minimum atomic E-state index is 0.829. The van der Waals surface area contributed by atoms with E-state index < -0.39 is 0 Å². The number of anilines is 3. The number of hydrogen-bond donors (Lipinski definition) is 0. The molecule has 0 aliphatic carbocycles. The van der Waals surface area contributed by atoms with Crippen LogP contribution in [0.15, 0.2) is 121 Å². The molecule has 0 aliphatic rings. The summed E-state index contributed by atoms with van der Waals surface area (Å²) in [7, 11) is 3.37. The molecular weight excluding hydrogens is 444 g/mol. The largest absolute Gasteiger partial charge is 0.497 e. The van der Waals surface area contributed by atoms with Crippen LogP contribution in [-0.4, -0.2) is 18.8 Å². The third-order valence-corrected chi connectivity index (χ3v) is 6.59. The Morgan fingerprint density at radius 1 is 0.500 bits per heavy atom. The first-order chi connectivity index (χ1) is 17.8. The quantitative estimate of drug-likeness (QED) is 0.245. The predicted octanol–water partition coefficient (Wildman–Crippen LogP) is 8.27. The van der Waals surface area contributed by atoms with Gasteiger partial charge in [0.1, 0.15) is 11.5 Å². The number of methoxy groups -OCH3 is 2. The Balaban J connectivity index is 1.57. The maximum Gasteiger partial charge on any atom is 0.119 e. The summed E-state index contributed by atoms with van der Waals surface area (Å²) in [6.07, 6.45) is 0. The minimum absolute atomic E-state index is 0.829. The Morgan fingerprint density at radius 2 is 1.03 bits per heavy atom. The van der Waals surface area contributed by atoms with Gasteiger partial charge in [0.15, 0.2) is 0 Å². The van der Waals surface area contributed by atoms with E-state index in [0.29, 0.717) is 0 Å². The SMILES string of the molecule is COc1ccc(N(c2ccc(OC)cc2)c2ccc3c(c2)c2ccccc2n3-c2ccccc2)cc1. The average Bonchev–Trinajstić information content (AvgIpc) is 3.28. The van der Waals surface area contributed by atoms with Crippen LogP contribution in [-0.2, 0) is 0 Å². The van der Waals surface area contributed by atoms with E-state index in [0.717, 1.165) is 34.2 Å². The van der Waals surface area contributed by atoms with Gasteiger partial charge in [-0.25, -0.2) is 0 Å². The summed E-state index contributed by atoms with van der Waals surface area (Å²) in [6.45, 7) is 0. The second-order valence-electron chi connectivity index (χ2n) is 8.62. The summed E-state index contributed by atoms with van der Waals surface area (Å²) in [6, 6.07) is 42.1. The third kappa shape index (κ3) is 3.73. The second kappa shape index (κ2) is 9.16. The monoisotopic (exact) mass is 470 g/mol. The van der Waals surface area contributed by atoms with Gasteiger partial charge >= 0.3 is 0 Å². The van der Waals surface area contributed by atoms with Crippen LogP contribution in [0, 0.1) is 0 Å². The number of ether oxygens (including phenoxy) is 2. The van der Waals surface area contributed by atoms with Crippen molar-refractivity contribution in [3.8, 4) is 17.2 Å². The fourth-order valence-corrected chi connectivity index (χ4v) is 4.87. The summed E-state index contributed by atoms with van der Waals surface area (Å²) >= 11 is 0. The molecule has 0 spiro atoms. The molecule has 0 unspecified atom stereocenters. The third-order valence-electron chi connectivity index (χ3n) is 6.59. The van der Waals surface area contributed by atoms with Crippen molar-refractivity contribution in [3.05, 3.63) is 121 Å². The maximum absolute atomic E-state index is 5.40. The van der Waals surface area contributed by atoms with Crippen LogP contribution in [0.4, 0.5) is 17.1 Å². The van der Waals surface area contributed by atoms with Gasteiger partial charge < -0.3 is 18.9 Å². The van der Waals surface area contributed by atoms with Crippen LogP contribution in [0.3, 0.4) is 0 Å². The van der Waals surface area contributed by atoms with Gasteiger partial charge in [-0.15, -0.1) is 0 Å². The van der Waals surface area contributed by atoms with Crippen LogP contribution in [0.2, 0.25) is 0 Å². The Labute approximate surface area is 210 Å². The molecule has 1 heterocycles. The molecule has 0 amide bonds. The minimum Gasteiger partial charge on any atom is -0.497 e. The molecule has 0 fully saturated rings. The fraction of sp³-hybridized carbons (Fsp3) is 0.0625. The molecule has 0 atom stereocenters. The van der Waals surface area contributed by atoms with Crippen molar-refractivity contribution >= 4 is 38.9 Å². The Morgan fingerprint density at radius 3 is 1.64 bits per heavy atom. The molecule has 36 heavy (non-hydrogen) atoms. The van der Waals surface area contributed by atoms with Crippen LogP contribution in [0.5, 0.6) is 11.5 Å². The Hall–Kier alpha value is -4.70. The van der Waals surface area contributed by atoms with Crippen molar-refractivity contribution in [2.45, 2.75) is 0 Å². The Kier molecular flexibility index (Phi) is 5.55. The van der Waals surface area contributed by atoms with Gasteiger partial charge in [0.25, 0.3) is 0 Å². The molecule has 4 nitrogen and oxygen atoms in total. The number of aromatic nitrogens is 1. The Bertz CT molecular complexity index is 1590. The van der Waals surface area contributed by atoms with Crippen molar-refractivity contribution in [3.63, 3.8) is 0 Å². The molecule has 6 rings (SSSR count). The summed E-state index contributed by atoms with van der Waals surface area (Å²) in [5.74, 6) is 1.66. The molecule has 6 aromatic rings. The molecule has 0 saturated carbocycles. The van der Waals surface area contributed by atoms with Gasteiger partial charge in [-0.1, -0.05) is 36.4 Å². The van der Waals surface area contributed by atoms with E-state index >= 15 is 0 Å². The lowest BCUT2D eigenvalue weighted by Gasteiger charge is -2.26. The highest BCUT2D eigenvalue weighted by atomic mass is 16.5. The summed E-state index contributed by atoms with van der Waals surface area (Å²) in [5, 5.41) is 2.43. The van der Waals surface area contributed by atoms with E-state index in [1.165, 1.54) is 21.8 Å². The van der Waals surface area contributed by atoms with Crippen LogP contribution in [0.1, 0.15) is 0 Å². The van der Waals surface area contributed by atoms with Gasteiger partial charge in [0.2, 0.25) is 0 Å². The normalized spacial score (nSPS) is 11.1. The van der Waals surface area contributed by atoms with Crippen LogP contribution >= 0.6 is 0 Å². The van der Waals surface area contributed by atoms with Gasteiger partial charge in [-0.3, -0.25) is 0 Å². The van der Waals surface area contributed by atoms with Crippen molar-refractivity contribution in [1.29, 1.82) is 0 Å². The zero-order valence-electron chi connectivity index (χ0n) is 20.3. The maximum atomic E-state index is 5.40. The highest BCUT2D eigenvalue weighted by molar-refractivity contribution is 6.10. The molecule has 0 N–H and O–H groups in total. The highest BCUT2D eigenvalue weighted by Gasteiger charge is 2.17. The topological polar surface area (TPSA) is 26.6 Å². The van der Waals surface area contributed by atoms with E-state index in [9.17, 15) is 0 Å². The molecule has 176 valence electrons. The van der Waals surface area contributed by atoms with Crippen LogP contribution in [0.25, 0.3) is 27.5 Å². The average molecular weight is 471 g/mol. The molecule has 1 aromatic heterocycles. The lowest BCUT2D eigenvalue weighted by molar-refractivity contribution is 0.415. The van der Waals surface area contributed by atoms with Crippen molar-refractivity contribution in [2.75, 3.05) is 19.1 Å². The first-order valence-corrected chi connectivity index (χ1v) is 11.9. The fourth-order valence-electron chi connectivity index (χ4n) is 4.87. The first kappa shape index (κ1) is 21.8. The van der Waals surface area contributed by atoms with E-state index in [1.54, 1.807) is 14.2 Å². The zero-order chi connectivity index (χ0) is 24.5. The molecular formula is C32H26N2O2. The summed E-state index contributed by atoms with van der Waals surface area (Å²) < 4.78 is 13.1. The van der Waals surface area contributed by atoms with Gasteiger partial charge in [0, 0.05) is 33.5 Å². The predicted molar refractivity (Wildman–Crippen MR) is 149 cm³/mol. The summed E-state index contributed by atoms with van der Waals surface area (Å²) in [4.78, 5) is 2.26. The van der Waals surface area contributed by atoms with E-state index in [1.807, 2.05) is 24.3 Å². The number of rotatable bonds is 6. The highest BCUT2D eigenvalue weighted by Crippen LogP contribution is 2.40. The number of para-hydroxylation sites is 2. The van der Waals surface area contributed by atoms with Gasteiger partial charge in [-0.2, -0.15) is 0 Å².